The first-order chi connectivity index (χ1) is 7.83. The third-order valence-corrected chi connectivity index (χ3v) is 2.31. The van der Waals surface area contributed by atoms with Crippen LogP contribution in [0.3, 0.4) is 0 Å². The molecule has 0 aromatic heterocycles. The van der Waals surface area contributed by atoms with Gasteiger partial charge in [-0.25, -0.2) is 0 Å². The smallest absolute Gasteiger partial charge is 0.134 e. The summed E-state index contributed by atoms with van der Waals surface area (Å²) in [6.45, 7) is 2.05. The average molecular weight is 220 g/mol. The molecule has 0 aliphatic heterocycles. The van der Waals surface area contributed by atoms with Gasteiger partial charge in [-0.1, -0.05) is 54.0 Å². The molecule has 0 bridgehead atoms. The van der Waals surface area contributed by atoms with E-state index in [-0.39, 0.29) is 0 Å². The lowest BCUT2D eigenvalue weighted by Crippen LogP contribution is -2.16. The Morgan fingerprint density at radius 3 is 2.31 bits per heavy atom. The molecule has 86 valence electrons. The van der Waals surface area contributed by atoms with Crippen molar-refractivity contribution in [3.8, 4) is 0 Å². The third-order valence-electron chi connectivity index (χ3n) is 2.31. The standard InChI is InChI=1S/C12H16N2O2/c1-2-3-9-11(13-15)12(14-16)10-7-5-4-6-8-10/h4-8,15-16H,2-3,9H2,1H3. The summed E-state index contributed by atoms with van der Waals surface area (Å²) in [5.41, 5.74) is 1.49. The Kier molecular flexibility index (Phi) is 5.05. The Balaban J connectivity index is 2.90. The van der Waals surface area contributed by atoms with Crippen molar-refractivity contribution in [1.82, 2.24) is 0 Å². The average Bonchev–Trinajstić information content (AvgIpc) is 2.35. The summed E-state index contributed by atoms with van der Waals surface area (Å²) in [6.07, 6.45) is 2.49. The second kappa shape index (κ2) is 6.61. The SMILES string of the molecule is CCCCC(=NO)C(=NO)c1ccccc1. The van der Waals surface area contributed by atoms with Crippen LogP contribution in [0, 0.1) is 0 Å². The fourth-order valence-electron chi connectivity index (χ4n) is 1.44. The number of rotatable bonds is 5. The van der Waals surface area contributed by atoms with Crippen LogP contribution in [0.1, 0.15) is 31.7 Å². The Bertz CT molecular complexity index is 372. The number of unbranched alkanes of at least 4 members (excludes halogenated alkanes) is 1. The maximum Gasteiger partial charge on any atom is 0.134 e. The molecule has 0 saturated heterocycles. The minimum atomic E-state index is 0.330. The molecule has 0 saturated carbocycles. The Hall–Kier alpha value is -1.84. The molecule has 1 aromatic rings. The second-order valence-electron chi connectivity index (χ2n) is 3.46. The molecule has 2 N–H and O–H groups in total. The summed E-state index contributed by atoms with van der Waals surface area (Å²) in [6, 6.07) is 9.18. The lowest BCUT2D eigenvalue weighted by Gasteiger charge is -2.05. The molecular formula is C12H16N2O2. The molecule has 0 radical (unpaired) electrons. The van der Waals surface area contributed by atoms with E-state index < -0.39 is 0 Å². The number of benzene rings is 1. The molecule has 0 aliphatic carbocycles. The van der Waals surface area contributed by atoms with E-state index in [4.69, 9.17) is 10.4 Å². The van der Waals surface area contributed by atoms with Gasteiger partial charge in [-0.2, -0.15) is 0 Å². The lowest BCUT2D eigenvalue weighted by molar-refractivity contribution is 0.313. The highest BCUT2D eigenvalue weighted by molar-refractivity contribution is 6.48. The molecule has 0 fully saturated rings. The molecule has 0 heterocycles. The zero-order valence-electron chi connectivity index (χ0n) is 9.30. The Morgan fingerprint density at radius 1 is 1.12 bits per heavy atom. The number of nitrogens with zero attached hydrogens (tertiary/aromatic N) is 2. The van der Waals surface area contributed by atoms with Gasteiger partial charge in [-0.3, -0.25) is 0 Å². The largest absolute Gasteiger partial charge is 0.411 e. The van der Waals surface area contributed by atoms with Gasteiger partial charge in [0, 0.05) is 5.56 Å². The summed E-state index contributed by atoms with van der Waals surface area (Å²) in [5.74, 6) is 0. The number of hydrogen-bond acceptors (Lipinski definition) is 4. The maximum absolute atomic E-state index is 8.98. The van der Waals surface area contributed by atoms with Crippen LogP contribution in [0.2, 0.25) is 0 Å². The fourth-order valence-corrected chi connectivity index (χ4v) is 1.44. The van der Waals surface area contributed by atoms with Crippen molar-refractivity contribution >= 4 is 11.4 Å². The van der Waals surface area contributed by atoms with Gasteiger partial charge in [-0.05, 0) is 12.8 Å². The topological polar surface area (TPSA) is 65.2 Å². The zero-order chi connectivity index (χ0) is 11.8. The first-order valence-electron chi connectivity index (χ1n) is 5.32. The van der Waals surface area contributed by atoms with E-state index in [0.29, 0.717) is 17.8 Å². The van der Waals surface area contributed by atoms with Crippen molar-refractivity contribution in [3.05, 3.63) is 35.9 Å². The van der Waals surface area contributed by atoms with Crippen LogP contribution in [0.15, 0.2) is 40.6 Å². The summed E-state index contributed by atoms with van der Waals surface area (Å²) < 4.78 is 0. The highest BCUT2D eigenvalue weighted by atomic mass is 16.4. The molecule has 0 spiro atoms. The van der Waals surface area contributed by atoms with Crippen LogP contribution in [0.25, 0.3) is 0 Å². The summed E-state index contributed by atoms with van der Waals surface area (Å²) in [4.78, 5) is 0. The lowest BCUT2D eigenvalue weighted by atomic mass is 10.0. The van der Waals surface area contributed by atoms with E-state index in [2.05, 4.69) is 10.3 Å². The molecule has 0 atom stereocenters. The van der Waals surface area contributed by atoms with E-state index in [0.717, 1.165) is 18.4 Å². The van der Waals surface area contributed by atoms with Crippen LogP contribution < -0.4 is 0 Å². The second-order valence-corrected chi connectivity index (χ2v) is 3.46. The molecule has 4 heteroatoms. The van der Waals surface area contributed by atoms with Crippen LogP contribution >= 0.6 is 0 Å². The van der Waals surface area contributed by atoms with Crippen molar-refractivity contribution in [3.63, 3.8) is 0 Å². The number of oxime groups is 2. The monoisotopic (exact) mass is 220 g/mol. The molecule has 1 aromatic carbocycles. The van der Waals surface area contributed by atoms with Gasteiger partial charge in [0.05, 0.1) is 0 Å². The van der Waals surface area contributed by atoms with Crippen LogP contribution in [0.5, 0.6) is 0 Å². The normalized spacial score (nSPS) is 12.8. The summed E-state index contributed by atoms with van der Waals surface area (Å²) >= 11 is 0. The van der Waals surface area contributed by atoms with Crippen molar-refractivity contribution in [2.24, 2.45) is 10.3 Å². The van der Waals surface area contributed by atoms with Crippen LogP contribution in [0.4, 0.5) is 0 Å². The minimum absolute atomic E-state index is 0.330. The fraction of sp³-hybridized carbons (Fsp3) is 0.333. The molecule has 0 aliphatic rings. The van der Waals surface area contributed by atoms with Gasteiger partial charge >= 0.3 is 0 Å². The van der Waals surface area contributed by atoms with Crippen LogP contribution in [-0.2, 0) is 0 Å². The highest BCUT2D eigenvalue weighted by Crippen LogP contribution is 2.07. The molecule has 0 unspecified atom stereocenters. The first-order valence-corrected chi connectivity index (χ1v) is 5.32. The van der Waals surface area contributed by atoms with Gasteiger partial charge in [0.2, 0.25) is 0 Å². The van der Waals surface area contributed by atoms with Gasteiger partial charge in [0.25, 0.3) is 0 Å². The van der Waals surface area contributed by atoms with Crippen molar-refractivity contribution < 1.29 is 10.4 Å². The van der Waals surface area contributed by atoms with Crippen molar-refractivity contribution in [2.45, 2.75) is 26.2 Å². The van der Waals surface area contributed by atoms with E-state index in [1.807, 2.05) is 37.3 Å². The Labute approximate surface area is 94.9 Å². The molecular weight excluding hydrogens is 204 g/mol. The first kappa shape index (κ1) is 12.2. The van der Waals surface area contributed by atoms with Gasteiger partial charge in [0.1, 0.15) is 11.4 Å². The minimum Gasteiger partial charge on any atom is -0.411 e. The van der Waals surface area contributed by atoms with Gasteiger partial charge < -0.3 is 10.4 Å². The van der Waals surface area contributed by atoms with E-state index >= 15 is 0 Å². The van der Waals surface area contributed by atoms with E-state index in [9.17, 15) is 0 Å². The van der Waals surface area contributed by atoms with Gasteiger partial charge in [-0.15, -0.1) is 0 Å². The predicted molar refractivity (Wildman–Crippen MR) is 63.5 cm³/mol. The quantitative estimate of drug-likeness (QED) is 0.455. The summed E-state index contributed by atoms with van der Waals surface area (Å²) in [5, 5.41) is 24.3. The Morgan fingerprint density at radius 2 is 1.81 bits per heavy atom. The zero-order valence-corrected chi connectivity index (χ0v) is 9.30. The van der Waals surface area contributed by atoms with E-state index in [1.165, 1.54) is 0 Å². The van der Waals surface area contributed by atoms with Gasteiger partial charge in [0.15, 0.2) is 0 Å². The summed E-state index contributed by atoms with van der Waals surface area (Å²) in [7, 11) is 0. The predicted octanol–water partition coefficient (Wildman–Crippen LogP) is 2.89. The molecule has 0 amide bonds. The molecule has 1 rings (SSSR count). The highest BCUT2D eigenvalue weighted by Gasteiger charge is 2.12. The van der Waals surface area contributed by atoms with Crippen molar-refractivity contribution in [1.29, 1.82) is 0 Å². The maximum atomic E-state index is 8.98. The molecule has 16 heavy (non-hydrogen) atoms. The molecule has 4 nitrogen and oxygen atoms in total. The van der Waals surface area contributed by atoms with Crippen molar-refractivity contribution in [2.75, 3.05) is 0 Å². The number of hydrogen-bond donors (Lipinski definition) is 2. The van der Waals surface area contributed by atoms with Crippen LogP contribution in [-0.4, -0.2) is 21.8 Å². The van der Waals surface area contributed by atoms with E-state index in [1.54, 1.807) is 0 Å². The third kappa shape index (κ3) is 3.08.